The number of allylic oxidation sites excluding steroid dienone is 1. The first kappa shape index (κ1) is 15.6. The quantitative estimate of drug-likeness (QED) is 0.408. The van der Waals surface area contributed by atoms with E-state index in [4.69, 9.17) is 0 Å². The van der Waals surface area contributed by atoms with Crippen LogP contribution in [0.25, 0.3) is 4.47 Å². The van der Waals surface area contributed by atoms with Crippen molar-refractivity contribution < 1.29 is 0 Å². The molecule has 0 spiro atoms. The van der Waals surface area contributed by atoms with Gasteiger partial charge in [-0.2, -0.15) is 0 Å². The van der Waals surface area contributed by atoms with Gasteiger partial charge in [-0.25, -0.2) is 0 Å². The summed E-state index contributed by atoms with van der Waals surface area (Å²) in [5, 5.41) is 1.29. The molecule has 0 bridgehead atoms. The predicted molar refractivity (Wildman–Crippen MR) is 93.2 cm³/mol. The van der Waals surface area contributed by atoms with E-state index in [9.17, 15) is 0 Å². The topological polar surface area (TPSA) is 0 Å². The molecule has 0 saturated heterocycles. The van der Waals surface area contributed by atoms with Crippen molar-refractivity contribution in [3.63, 3.8) is 0 Å². The summed E-state index contributed by atoms with van der Waals surface area (Å²) < 4.78 is 1.40. The Bertz CT molecular complexity index is 615. The molecule has 0 aliphatic carbocycles. The summed E-state index contributed by atoms with van der Waals surface area (Å²) in [7, 11) is 0. The molecule has 2 aromatic carbocycles. The second-order valence-corrected chi connectivity index (χ2v) is 7.10. The Kier molecular flexibility index (Phi) is 6.89. The first-order valence-corrected chi connectivity index (χ1v) is 9.42. The van der Waals surface area contributed by atoms with Gasteiger partial charge in [0.2, 0.25) is 0 Å². The third-order valence-corrected chi connectivity index (χ3v) is 5.44. The van der Waals surface area contributed by atoms with E-state index in [-0.39, 0.29) is 0 Å². The van der Waals surface area contributed by atoms with Crippen molar-refractivity contribution in [2.75, 3.05) is 0 Å². The number of rotatable bonds is 5. The summed E-state index contributed by atoms with van der Waals surface area (Å²) in [6.45, 7) is 2.25. The van der Waals surface area contributed by atoms with Crippen LogP contribution in [0, 0.1) is 11.8 Å². The molecule has 2 rings (SSSR count). The van der Waals surface area contributed by atoms with Crippen molar-refractivity contribution in [2.45, 2.75) is 25.1 Å². The molecule has 0 aliphatic heterocycles. The molecule has 0 fully saturated rings. The van der Waals surface area contributed by atoms with Gasteiger partial charge in [0.05, 0.1) is 0 Å². The molecule has 0 aromatic heterocycles. The fourth-order valence-electron chi connectivity index (χ4n) is 1.84. The fourth-order valence-corrected chi connectivity index (χ4v) is 4.15. The number of hydrogen-bond donors (Lipinski definition) is 0. The normalized spacial score (nSPS) is 10.8. The van der Waals surface area contributed by atoms with Crippen molar-refractivity contribution in [1.29, 1.82) is 0 Å². The minimum absolute atomic E-state index is 0.503. The molecule has 0 nitrogen and oxygen atoms in total. The Balaban J connectivity index is 2.15. The van der Waals surface area contributed by atoms with Crippen LogP contribution in [0.15, 0.2) is 66.7 Å². The molecule has 0 atom stereocenters. The summed E-state index contributed by atoms with van der Waals surface area (Å²) >= 11 is 0.503. The molecule has 0 saturated carbocycles. The van der Waals surface area contributed by atoms with Crippen molar-refractivity contribution in [2.24, 2.45) is 0 Å². The number of unbranched alkanes of at least 4 members (excludes halogenated alkanes) is 1. The Morgan fingerprint density at radius 1 is 1.00 bits per heavy atom. The van der Waals surface area contributed by atoms with E-state index in [2.05, 4.69) is 55.2 Å². The maximum absolute atomic E-state index is 3.23. The van der Waals surface area contributed by atoms with Gasteiger partial charge < -0.3 is 0 Å². The van der Waals surface area contributed by atoms with E-state index >= 15 is 0 Å². The van der Waals surface area contributed by atoms with Gasteiger partial charge >= 0.3 is 134 Å². The molecule has 0 radical (unpaired) electrons. The predicted octanol–water partition coefficient (Wildman–Crippen LogP) is 5.00. The van der Waals surface area contributed by atoms with Gasteiger partial charge in [-0.1, -0.05) is 0 Å². The molecule has 1 heteroatoms. The third-order valence-electron chi connectivity index (χ3n) is 3.01. The zero-order chi connectivity index (χ0) is 14.8. The van der Waals surface area contributed by atoms with Crippen molar-refractivity contribution in [3.05, 3.63) is 77.9 Å². The fraction of sp³-hybridized carbons (Fsp3) is 0.200. The first-order valence-electron chi connectivity index (χ1n) is 7.35. The van der Waals surface area contributed by atoms with Crippen LogP contribution in [0.2, 0.25) is 5.32 Å². The van der Waals surface area contributed by atoms with Gasteiger partial charge in [-0.05, 0) is 0 Å². The second-order valence-electron chi connectivity index (χ2n) is 4.71. The van der Waals surface area contributed by atoms with Crippen LogP contribution in [0.4, 0.5) is 0 Å². The zero-order valence-electron chi connectivity index (χ0n) is 12.4. The van der Waals surface area contributed by atoms with Crippen LogP contribution in [0.5, 0.6) is 0 Å². The summed E-state index contributed by atoms with van der Waals surface area (Å²) in [5.41, 5.74) is 2.39. The van der Waals surface area contributed by atoms with E-state index < -0.39 is 0 Å². The van der Waals surface area contributed by atoms with Crippen LogP contribution in [0.1, 0.15) is 30.9 Å². The Labute approximate surface area is 134 Å². The summed E-state index contributed by atoms with van der Waals surface area (Å²) in [6.07, 6.45) is 4.67. The van der Waals surface area contributed by atoms with Crippen molar-refractivity contribution in [3.8, 4) is 11.8 Å². The molecule has 0 aliphatic rings. The molecular weight excluding hydrogens is 319 g/mol. The molecule has 106 valence electrons. The van der Waals surface area contributed by atoms with Crippen molar-refractivity contribution in [1.82, 2.24) is 0 Å². The van der Waals surface area contributed by atoms with Crippen molar-refractivity contribution >= 4 is 19.4 Å². The van der Waals surface area contributed by atoms with Crippen LogP contribution < -0.4 is 0 Å². The van der Waals surface area contributed by atoms with E-state index in [0.717, 1.165) is 5.56 Å². The molecule has 0 unspecified atom stereocenters. The van der Waals surface area contributed by atoms with Crippen LogP contribution in [0.3, 0.4) is 0 Å². The van der Waals surface area contributed by atoms with Gasteiger partial charge in [-0.3, -0.25) is 0 Å². The molecule has 0 amide bonds. The Hall–Kier alpha value is -1.74. The van der Waals surface area contributed by atoms with Gasteiger partial charge in [-0.15, -0.1) is 0 Å². The third kappa shape index (κ3) is 5.64. The minimum atomic E-state index is 0.503. The van der Waals surface area contributed by atoms with Gasteiger partial charge in [0.1, 0.15) is 0 Å². The van der Waals surface area contributed by atoms with Crippen LogP contribution in [-0.4, -0.2) is 15.0 Å². The molecule has 0 heterocycles. The molecule has 21 heavy (non-hydrogen) atoms. The summed E-state index contributed by atoms with van der Waals surface area (Å²) in [4.78, 5) is 0. The summed E-state index contributed by atoms with van der Waals surface area (Å²) in [6, 6.07) is 20.8. The van der Waals surface area contributed by atoms with Gasteiger partial charge in [0, 0.05) is 0 Å². The Morgan fingerprint density at radius 3 is 2.33 bits per heavy atom. The number of benzene rings is 2. The standard InChI is InChI=1S/C20H20Se/c1-2-3-17-21-20(19-14-8-5-9-15-19)16-10-13-18-11-6-4-7-12-18/h4-9,11-12,14-16H,2-3,17H2,1H3/b20-16+. The average Bonchev–Trinajstić information content (AvgIpc) is 2.55. The first-order chi connectivity index (χ1) is 10.4. The number of hydrogen-bond acceptors (Lipinski definition) is 0. The monoisotopic (exact) mass is 340 g/mol. The van der Waals surface area contributed by atoms with Crippen LogP contribution in [-0.2, 0) is 0 Å². The van der Waals surface area contributed by atoms with Gasteiger partial charge in [0.25, 0.3) is 0 Å². The van der Waals surface area contributed by atoms with Crippen LogP contribution >= 0.6 is 0 Å². The molecule has 2 aromatic rings. The van der Waals surface area contributed by atoms with Gasteiger partial charge in [0.15, 0.2) is 0 Å². The average molecular weight is 339 g/mol. The molecule has 0 N–H and O–H groups in total. The van der Waals surface area contributed by atoms with E-state index in [1.807, 2.05) is 30.3 Å². The zero-order valence-corrected chi connectivity index (χ0v) is 14.1. The SMILES string of the molecule is CCCC[Se]/C(=C/C#Cc1ccccc1)c1ccccc1. The second kappa shape index (κ2) is 9.24. The Morgan fingerprint density at radius 2 is 1.67 bits per heavy atom. The molecular formula is C20H20Se. The van der Waals surface area contributed by atoms with E-state index in [1.54, 1.807) is 0 Å². The summed E-state index contributed by atoms with van der Waals surface area (Å²) in [5.74, 6) is 6.45. The maximum atomic E-state index is 3.23. The van der Waals surface area contributed by atoms with E-state index in [0.29, 0.717) is 15.0 Å². The van der Waals surface area contributed by atoms with E-state index in [1.165, 1.54) is 28.2 Å².